The van der Waals surface area contributed by atoms with Crippen molar-refractivity contribution in [2.45, 2.75) is 26.0 Å². The lowest BCUT2D eigenvalue weighted by Crippen LogP contribution is -2.33. The molecule has 14 heavy (non-hydrogen) atoms. The molecule has 1 heterocycles. The number of aliphatic hydroxyl groups excluding tert-OH is 1. The first kappa shape index (κ1) is 12.6. The summed E-state index contributed by atoms with van der Waals surface area (Å²) in [5.41, 5.74) is 5.89. The molecule has 0 bridgehead atoms. The molecule has 80 valence electrons. The molecule has 2 unspecified atom stereocenters. The van der Waals surface area contributed by atoms with Crippen molar-refractivity contribution in [2.24, 2.45) is 11.7 Å². The first-order valence-corrected chi connectivity index (χ1v) is 6.72. The predicted molar refractivity (Wildman–Crippen MR) is 67.5 cm³/mol. The van der Waals surface area contributed by atoms with Crippen molar-refractivity contribution in [3.63, 3.8) is 0 Å². The molecule has 5 heteroatoms. The van der Waals surface area contributed by atoms with Gasteiger partial charge >= 0.3 is 0 Å². The Kier molecular flexibility index (Phi) is 4.58. The molecule has 3 N–H and O–H groups in total. The number of halogens is 2. The van der Waals surface area contributed by atoms with Gasteiger partial charge in [-0.3, -0.25) is 0 Å². The summed E-state index contributed by atoms with van der Waals surface area (Å²) < 4.78 is 1.91. The number of hydrogen-bond donors (Lipinski definition) is 2. The second kappa shape index (κ2) is 5.07. The molecule has 2 nitrogen and oxygen atoms in total. The van der Waals surface area contributed by atoms with Crippen molar-refractivity contribution >= 4 is 43.2 Å². The van der Waals surface area contributed by atoms with E-state index in [2.05, 4.69) is 31.9 Å². The van der Waals surface area contributed by atoms with Gasteiger partial charge in [0.1, 0.15) is 6.10 Å². The van der Waals surface area contributed by atoms with E-state index < -0.39 is 6.10 Å². The van der Waals surface area contributed by atoms with Gasteiger partial charge in [0, 0.05) is 10.5 Å². The largest absolute Gasteiger partial charge is 0.386 e. The fraction of sp³-hybridized carbons (Fsp3) is 0.556. The van der Waals surface area contributed by atoms with Crippen LogP contribution >= 0.6 is 43.2 Å². The molecule has 0 radical (unpaired) electrons. The van der Waals surface area contributed by atoms with Gasteiger partial charge in [0.15, 0.2) is 0 Å². The Hall–Kier alpha value is 0.580. The minimum atomic E-state index is -0.597. The van der Waals surface area contributed by atoms with E-state index in [0.29, 0.717) is 0 Å². The Morgan fingerprint density at radius 2 is 2.00 bits per heavy atom. The monoisotopic (exact) mass is 341 g/mol. The molecule has 0 fully saturated rings. The van der Waals surface area contributed by atoms with E-state index in [1.165, 1.54) is 11.3 Å². The van der Waals surface area contributed by atoms with Gasteiger partial charge < -0.3 is 10.8 Å². The molecular weight excluding hydrogens is 330 g/mol. The number of nitrogens with two attached hydrogens (primary N) is 1. The van der Waals surface area contributed by atoms with E-state index in [1.807, 2.05) is 19.9 Å². The molecule has 0 spiro atoms. The molecule has 1 aromatic rings. The molecule has 0 aliphatic heterocycles. The van der Waals surface area contributed by atoms with Crippen LogP contribution in [0.4, 0.5) is 0 Å². The number of aliphatic hydroxyl groups is 1. The van der Waals surface area contributed by atoms with E-state index in [4.69, 9.17) is 5.73 Å². The summed E-state index contributed by atoms with van der Waals surface area (Å²) >= 11 is 8.28. The summed E-state index contributed by atoms with van der Waals surface area (Å²) in [6, 6.07) is 1.70. The lowest BCUT2D eigenvalue weighted by molar-refractivity contribution is 0.128. The summed E-state index contributed by atoms with van der Waals surface area (Å²) in [6.45, 7) is 4.01. The maximum Gasteiger partial charge on any atom is 0.105 e. The van der Waals surface area contributed by atoms with Gasteiger partial charge in [-0.15, -0.1) is 11.3 Å². The van der Waals surface area contributed by atoms with Gasteiger partial charge in [0.2, 0.25) is 0 Å². The fourth-order valence-corrected chi connectivity index (χ4v) is 3.83. The van der Waals surface area contributed by atoms with Crippen molar-refractivity contribution in [3.05, 3.63) is 19.2 Å². The lowest BCUT2D eigenvalue weighted by Gasteiger charge is -2.21. The Labute approximate surface area is 105 Å². The molecule has 1 rings (SSSR count). The summed E-state index contributed by atoms with van der Waals surface area (Å²) in [5.74, 6) is 0.262. The van der Waals surface area contributed by atoms with Crippen LogP contribution < -0.4 is 5.73 Å². The number of rotatable bonds is 3. The highest BCUT2D eigenvalue weighted by molar-refractivity contribution is 9.11. The van der Waals surface area contributed by atoms with E-state index in [-0.39, 0.29) is 12.0 Å². The average Bonchev–Trinajstić information content (AvgIpc) is 2.42. The van der Waals surface area contributed by atoms with Crippen LogP contribution in [-0.2, 0) is 0 Å². The third kappa shape index (κ3) is 2.79. The summed E-state index contributed by atoms with van der Waals surface area (Å²) in [6.07, 6.45) is -0.597. The topological polar surface area (TPSA) is 46.2 Å². The first-order valence-electron chi connectivity index (χ1n) is 4.32. The van der Waals surface area contributed by atoms with E-state index >= 15 is 0 Å². The lowest BCUT2D eigenvalue weighted by atomic mass is 9.99. The van der Waals surface area contributed by atoms with Gasteiger partial charge in [0.05, 0.1) is 8.66 Å². The molecule has 2 atom stereocenters. The van der Waals surface area contributed by atoms with Crippen LogP contribution in [0.1, 0.15) is 24.8 Å². The zero-order valence-electron chi connectivity index (χ0n) is 8.00. The summed E-state index contributed by atoms with van der Waals surface area (Å²) in [5, 5.41) is 9.99. The molecule has 0 saturated heterocycles. The Bertz CT molecular complexity index is 314. The molecule has 0 aliphatic rings. The molecule has 0 aliphatic carbocycles. The third-order valence-electron chi connectivity index (χ3n) is 2.09. The van der Waals surface area contributed by atoms with Gasteiger partial charge in [-0.25, -0.2) is 0 Å². The molecular formula is C9H13Br2NOS. The van der Waals surface area contributed by atoms with Crippen molar-refractivity contribution < 1.29 is 5.11 Å². The standard InChI is InChI=1S/C9H13Br2NOS/c1-4(2)7(12)8(13)9-5(10)3-6(11)14-9/h3-4,7-8,13H,12H2,1-2H3. The smallest absolute Gasteiger partial charge is 0.105 e. The second-order valence-corrected chi connectivity index (χ2v) is 6.85. The normalized spacial score (nSPS) is 15.9. The molecule has 0 aromatic carbocycles. The van der Waals surface area contributed by atoms with Crippen LogP contribution in [0.3, 0.4) is 0 Å². The van der Waals surface area contributed by atoms with E-state index in [9.17, 15) is 5.11 Å². The van der Waals surface area contributed by atoms with E-state index in [0.717, 1.165) is 13.1 Å². The van der Waals surface area contributed by atoms with Crippen molar-refractivity contribution in [3.8, 4) is 0 Å². The van der Waals surface area contributed by atoms with E-state index in [1.54, 1.807) is 0 Å². The van der Waals surface area contributed by atoms with Crippen LogP contribution in [0, 0.1) is 5.92 Å². The molecule has 0 amide bonds. The highest BCUT2D eigenvalue weighted by atomic mass is 79.9. The summed E-state index contributed by atoms with van der Waals surface area (Å²) in [7, 11) is 0. The van der Waals surface area contributed by atoms with Crippen molar-refractivity contribution in [2.75, 3.05) is 0 Å². The highest BCUT2D eigenvalue weighted by Crippen LogP contribution is 2.37. The predicted octanol–water partition coefficient (Wildman–Crippen LogP) is 3.29. The fourth-order valence-electron chi connectivity index (χ4n) is 1.10. The number of hydrogen-bond acceptors (Lipinski definition) is 3. The Balaban J connectivity index is 2.88. The van der Waals surface area contributed by atoms with Crippen LogP contribution in [-0.4, -0.2) is 11.1 Å². The second-order valence-electron chi connectivity index (χ2n) is 3.53. The van der Waals surface area contributed by atoms with Crippen LogP contribution in [0.5, 0.6) is 0 Å². The average molecular weight is 343 g/mol. The quantitative estimate of drug-likeness (QED) is 0.885. The Morgan fingerprint density at radius 3 is 2.36 bits per heavy atom. The first-order chi connectivity index (χ1) is 6.43. The van der Waals surface area contributed by atoms with Gasteiger partial charge in [-0.1, -0.05) is 13.8 Å². The van der Waals surface area contributed by atoms with Gasteiger partial charge in [0.25, 0.3) is 0 Å². The maximum absolute atomic E-state index is 9.99. The maximum atomic E-state index is 9.99. The zero-order valence-corrected chi connectivity index (χ0v) is 12.0. The van der Waals surface area contributed by atoms with Crippen LogP contribution in [0.25, 0.3) is 0 Å². The van der Waals surface area contributed by atoms with Crippen molar-refractivity contribution in [1.29, 1.82) is 0 Å². The Morgan fingerprint density at radius 1 is 1.43 bits per heavy atom. The van der Waals surface area contributed by atoms with Gasteiger partial charge in [-0.2, -0.15) is 0 Å². The van der Waals surface area contributed by atoms with Gasteiger partial charge in [-0.05, 0) is 43.8 Å². The minimum absolute atomic E-state index is 0.225. The van der Waals surface area contributed by atoms with Crippen molar-refractivity contribution in [1.82, 2.24) is 0 Å². The van der Waals surface area contributed by atoms with Crippen LogP contribution in [0.15, 0.2) is 14.3 Å². The SMILES string of the molecule is CC(C)C(N)C(O)c1sc(Br)cc1Br. The van der Waals surface area contributed by atoms with Crippen LogP contribution in [0.2, 0.25) is 0 Å². The summed E-state index contributed by atoms with van der Waals surface area (Å²) in [4.78, 5) is 0.887. The minimum Gasteiger partial charge on any atom is -0.386 e. The number of thiophene rings is 1. The molecule has 0 saturated carbocycles. The molecule has 1 aromatic heterocycles. The highest BCUT2D eigenvalue weighted by Gasteiger charge is 2.23. The third-order valence-corrected chi connectivity index (χ3v) is 4.71. The zero-order chi connectivity index (χ0) is 10.9.